The van der Waals surface area contributed by atoms with Gasteiger partial charge in [-0.2, -0.15) is 0 Å². The van der Waals surface area contributed by atoms with Gasteiger partial charge in [0.15, 0.2) is 0 Å². The van der Waals surface area contributed by atoms with Gasteiger partial charge < -0.3 is 47.8 Å². The van der Waals surface area contributed by atoms with Gasteiger partial charge in [-0.15, -0.1) is 0 Å². The van der Waals surface area contributed by atoms with Crippen molar-refractivity contribution in [1.29, 1.82) is 0 Å². The summed E-state index contributed by atoms with van der Waals surface area (Å²) in [7, 11) is -5.42. The van der Waals surface area contributed by atoms with E-state index < -0.39 is 17.6 Å². The number of rotatable bonds is 24. The molecule has 4 amide bonds. The summed E-state index contributed by atoms with van der Waals surface area (Å²) in [6.45, 7) is 15.7. The number of hydrogen-bond donors (Lipinski definition) is 4. The minimum absolute atomic E-state index is 0.266. The number of amides is 4. The normalized spacial score (nSPS) is 11.7. The first-order valence-electron chi connectivity index (χ1n) is 16.9. The number of hydrogen-bond acceptors (Lipinski definition) is 8. The molecule has 0 aliphatic rings. The number of benzene rings is 2. The highest BCUT2D eigenvalue weighted by atomic mass is 28.4. The molecule has 0 spiro atoms. The fourth-order valence-electron chi connectivity index (χ4n) is 5.01. The maximum Gasteiger partial charge on any atom is 0.500 e. The first-order valence-corrected chi connectivity index (χ1v) is 20.7. The molecule has 4 N–H and O–H groups in total. The van der Waals surface area contributed by atoms with E-state index in [1.165, 1.54) is 0 Å². The Morgan fingerprint density at radius 2 is 0.809 bits per heavy atom. The van der Waals surface area contributed by atoms with Crippen LogP contribution in [-0.4, -0.2) is 82.4 Å². The Morgan fingerprint density at radius 3 is 1.09 bits per heavy atom. The Kier molecular flexibility index (Phi) is 19.5. The minimum Gasteiger partial charge on any atom is -0.374 e. The largest absolute Gasteiger partial charge is 0.500 e. The first kappa shape index (κ1) is 40.3. The lowest BCUT2D eigenvalue weighted by Gasteiger charge is -2.28. The maximum absolute atomic E-state index is 12.4. The van der Waals surface area contributed by atoms with Crippen LogP contribution in [-0.2, 0) is 33.0 Å². The van der Waals surface area contributed by atoms with E-state index in [0.29, 0.717) is 89.0 Å². The topological polar surface area (TPSA) is 138 Å². The van der Waals surface area contributed by atoms with Crippen LogP contribution in [0, 0.1) is 0 Å². The molecule has 0 unspecified atom stereocenters. The smallest absolute Gasteiger partial charge is 0.374 e. The molecule has 47 heavy (non-hydrogen) atoms. The zero-order valence-electron chi connectivity index (χ0n) is 29.1. The number of urea groups is 2. The molecule has 2 aromatic carbocycles. The summed E-state index contributed by atoms with van der Waals surface area (Å²) in [5.41, 5.74) is 3.62. The second kappa shape index (κ2) is 22.7. The van der Waals surface area contributed by atoms with Crippen LogP contribution in [0.3, 0.4) is 0 Å². The van der Waals surface area contributed by atoms with Gasteiger partial charge in [0.05, 0.1) is 0 Å². The molecule has 0 fully saturated rings. The summed E-state index contributed by atoms with van der Waals surface area (Å²) < 4.78 is 35.2. The highest BCUT2D eigenvalue weighted by molar-refractivity contribution is 6.61. The van der Waals surface area contributed by atoms with E-state index in [9.17, 15) is 9.59 Å². The van der Waals surface area contributed by atoms with Gasteiger partial charge in [-0.05, 0) is 96.2 Å². The number of anilines is 2. The zero-order valence-corrected chi connectivity index (χ0v) is 31.1. The summed E-state index contributed by atoms with van der Waals surface area (Å²) in [5.74, 6) is 0. The second-order valence-corrected chi connectivity index (χ2v) is 16.0. The van der Waals surface area contributed by atoms with Crippen LogP contribution in [0.15, 0.2) is 48.5 Å². The average molecular weight is 693 g/mol. The fourth-order valence-corrected chi connectivity index (χ4v) is 10.2. The molecule has 264 valence electrons. The third-order valence-electron chi connectivity index (χ3n) is 6.91. The van der Waals surface area contributed by atoms with Crippen molar-refractivity contribution in [2.75, 3.05) is 63.4 Å². The fraction of sp³-hybridized carbons (Fsp3) is 0.576. The first-order chi connectivity index (χ1) is 22.8. The third kappa shape index (κ3) is 15.3. The highest BCUT2D eigenvalue weighted by Crippen LogP contribution is 2.20. The van der Waals surface area contributed by atoms with Crippen LogP contribution in [0.2, 0.25) is 12.1 Å². The summed E-state index contributed by atoms with van der Waals surface area (Å²) in [4.78, 5) is 24.9. The molecule has 0 saturated carbocycles. The van der Waals surface area contributed by atoms with Crippen molar-refractivity contribution in [2.45, 2.75) is 72.9 Å². The molecule has 12 nitrogen and oxygen atoms in total. The van der Waals surface area contributed by atoms with Gasteiger partial charge >= 0.3 is 29.7 Å². The van der Waals surface area contributed by atoms with Gasteiger partial charge in [0.2, 0.25) is 0 Å². The van der Waals surface area contributed by atoms with Crippen molar-refractivity contribution in [3.63, 3.8) is 0 Å². The van der Waals surface area contributed by atoms with E-state index in [0.717, 1.165) is 17.5 Å². The lowest BCUT2D eigenvalue weighted by atomic mass is 10.0. The van der Waals surface area contributed by atoms with Crippen molar-refractivity contribution in [1.82, 2.24) is 10.6 Å². The van der Waals surface area contributed by atoms with E-state index >= 15 is 0 Å². The monoisotopic (exact) mass is 692 g/mol. The molecular formula is C33H56N4O8Si2. The quantitative estimate of drug-likeness (QED) is 0.0733. The summed E-state index contributed by atoms with van der Waals surface area (Å²) >= 11 is 0. The maximum atomic E-state index is 12.4. The van der Waals surface area contributed by atoms with Gasteiger partial charge in [-0.25, -0.2) is 9.59 Å². The number of nitrogens with one attached hydrogen (secondary N) is 4. The van der Waals surface area contributed by atoms with Gasteiger partial charge in [0, 0.05) is 76.2 Å². The van der Waals surface area contributed by atoms with Crippen LogP contribution in [0.25, 0.3) is 0 Å². The second-order valence-electron chi connectivity index (χ2n) is 10.5. The Bertz CT molecular complexity index is 1030. The summed E-state index contributed by atoms with van der Waals surface area (Å²) in [6, 6.07) is 16.2. The SMILES string of the molecule is CCO[Si](CCCNC(=O)Nc1ccc(Cc2ccc(NC(=O)NCCC[Si](OCC)(OCC)OCC)cc2)cc1)(OCC)OCC. The van der Waals surface area contributed by atoms with E-state index in [1.807, 2.05) is 90.1 Å². The van der Waals surface area contributed by atoms with Gasteiger partial charge in [0.25, 0.3) is 0 Å². The van der Waals surface area contributed by atoms with Crippen molar-refractivity contribution < 1.29 is 36.1 Å². The molecule has 0 bridgehead atoms. The van der Waals surface area contributed by atoms with Crippen LogP contribution >= 0.6 is 0 Å². The molecule has 2 rings (SSSR count). The van der Waals surface area contributed by atoms with E-state index in [1.54, 1.807) is 0 Å². The van der Waals surface area contributed by atoms with Crippen molar-refractivity contribution in [2.24, 2.45) is 0 Å². The summed E-state index contributed by atoms with van der Waals surface area (Å²) in [6.07, 6.45) is 2.10. The zero-order chi connectivity index (χ0) is 34.4. The van der Waals surface area contributed by atoms with Gasteiger partial charge in [0.1, 0.15) is 0 Å². The van der Waals surface area contributed by atoms with Crippen molar-refractivity contribution in [3.05, 3.63) is 59.7 Å². The van der Waals surface area contributed by atoms with Crippen LogP contribution in [0.5, 0.6) is 0 Å². The average Bonchev–Trinajstić information content (AvgIpc) is 3.04. The Balaban J connectivity index is 1.75. The molecule has 0 atom stereocenters. The van der Waals surface area contributed by atoms with Crippen LogP contribution < -0.4 is 21.3 Å². The van der Waals surface area contributed by atoms with Crippen LogP contribution in [0.4, 0.5) is 21.0 Å². The predicted octanol–water partition coefficient (Wildman–Crippen LogP) is 6.40. The summed E-state index contributed by atoms with van der Waals surface area (Å²) in [5, 5.41) is 11.5. The number of carbonyl (C=O) groups is 2. The molecule has 0 aliphatic carbocycles. The molecule has 0 aliphatic heterocycles. The van der Waals surface area contributed by atoms with E-state index in [-0.39, 0.29) is 12.1 Å². The van der Waals surface area contributed by atoms with Gasteiger partial charge in [-0.1, -0.05) is 24.3 Å². The van der Waals surface area contributed by atoms with Gasteiger partial charge in [-0.3, -0.25) is 0 Å². The predicted molar refractivity (Wildman–Crippen MR) is 190 cm³/mol. The molecule has 0 aromatic heterocycles. The van der Waals surface area contributed by atoms with Crippen molar-refractivity contribution in [3.8, 4) is 0 Å². The Labute approximate surface area is 283 Å². The van der Waals surface area contributed by atoms with E-state index in [4.69, 9.17) is 26.6 Å². The standard InChI is InChI=1S/C33H56N4O8Si2/c1-7-40-46(41-8-2,42-9-3)25-13-23-34-32(38)36-30-19-15-28(16-20-30)27-29-17-21-31(22-18-29)37-33(39)35-24-14-26-47(43-10-4,44-11-5)45-12-6/h15-22H,7-14,23-27H2,1-6H3,(H2,34,36,38)(H2,35,37,39). The highest BCUT2D eigenvalue weighted by Gasteiger charge is 2.40. The lowest BCUT2D eigenvalue weighted by Crippen LogP contribution is -2.46. The van der Waals surface area contributed by atoms with Crippen LogP contribution in [0.1, 0.15) is 65.5 Å². The molecular weight excluding hydrogens is 637 g/mol. The molecule has 0 radical (unpaired) electrons. The Hall–Kier alpha value is -2.83. The molecule has 14 heteroatoms. The molecule has 0 saturated heterocycles. The van der Waals surface area contributed by atoms with Crippen molar-refractivity contribution >= 4 is 41.0 Å². The number of carbonyl (C=O) groups excluding carboxylic acids is 2. The van der Waals surface area contributed by atoms with E-state index in [2.05, 4.69) is 21.3 Å². The Morgan fingerprint density at radius 1 is 0.511 bits per heavy atom. The molecule has 2 aromatic rings. The lowest BCUT2D eigenvalue weighted by molar-refractivity contribution is 0.0701. The minimum atomic E-state index is -2.71. The third-order valence-corrected chi connectivity index (χ3v) is 13.2. The molecule has 0 heterocycles.